The zero-order chi connectivity index (χ0) is 12.0. The molecule has 0 aliphatic carbocycles. The molecule has 0 unspecified atom stereocenters. The molecule has 0 saturated heterocycles. The molecule has 0 aliphatic rings. The van der Waals surface area contributed by atoms with Gasteiger partial charge in [0.25, 0.3) is 0 Å². The maximum Gasteiger partial charge on any atom is 0.225 e. The first-order valence-corrected chi connectivity index (χ1v) is 5.52. The number of carbonyl (C=O) groups excluding carboxylic acids is 1. The summed E-state index contributed by atoms with van der Waals surface area (Å²) < 4.78 is 0. The lowest BCUT2D eigenvalue weighted by molar-refractivity contribution is -0.116. The lowest BCUT2D eigenvalue weighted by Gasteiger charge is -2.04. The number of rotatable bonds is 5. The number of carbonyl (C=O) groups is 1. The summed E-state index contributed by atoms with van der Waals surface area (Å²) in [6.45, 7) is 0.790. The summed E-state index contributed by atoms with van der Waals surface area (Å²) >= 11 is 11.3. The zero-order valence-corrected chi connectivity index (χ0v) is 10.3. The molecule has 0 radical (unpaired) electrons. The van der Waals surface area contributed by atoms with Crippen molar-refractivity contribution in [2.24, 2.45) is 0 Å². The summed E-state index contributed by atoms with van der Waals surface area (Å²) in [4.78, 5) is 18.9. The Kier molecular flexibility index (Phi) is 5.45. The predicted molar refractivity (Wildman–Crippen MR) is 63.8 cm³/mol. The van der Waals surface area contributed by atoms with E-state index < -0.39 is 0 Å². The Bertz CT molecular complexity index is 352. The van der Waals surface area contributed by atoms with E-state index >= 15 is 0 Å². The molecule has 0 aliphatic heterocycles. The molecule has 0 atom stereocenters. The van der Waals surface area contributed by atoms with Crippen molar-refractivity contribution in [2.45, 2.75) is 12.8 Å². The molecule has 0 aromatic carbocycles. The summed E-state index contributed by atoms with van der Waals surface area (Å²) in [5, 5.41) is 5.76. The van der Waals surface area contributed by atoms with Gasteiger partial charge in [0.2, 0.25) is 11.2 Å². The van der Waals surface area contributed by atoms with E-state index in [1.165, 1.54) is 6.07 Å². The molecule has 0 saturated carbocycles. The van der Waals surface area contributed by atoms with Gasteiger partial charge in [0.05, 0.1) is 0 Å². The Balaban J connectivity index is 2.49. The Morgan fingerprint density at radius 1 is 1.44 bits per heavy atom. The van der Waals surface area contributed by atoms with Crippen molar-refractivity contribution in [3.8, 4) is 0 Å². The van der Waals surface area contributed by atoms with Gasteiger partial charge in [0.15, 0.2) is 0 Å². The molecule has 16 heavy (non-hydrogen) atoms. The topological polar surface area (TPSA) is 66.9 Å². The highest BCUT2D eigenvalue weighted by molar-refractivity contribution is 6.32. The number of anilines is 1. The summed E-state index contributed by atoms with van der Waals surface area (Å²) in [5.74, 6) is 0.195. The Hall–Kier alpha value is -0.910. The van der Waals surface area contributed by atoms with Crippen molar-refractivity contribution in [1.29, 1.82) is 0 Å². The average Bonchev–Trinajstić information content (AvgIpc) is 2.16. The standard InChI is InChI=1S/C9H12Cl2N4O/c1-12-4-2-3-8(16)14-7-5-6(10)13-9(11)15-7/h5,12H,2-4H2,1H3,(H,13,14,15,16). The van der Waals surface area contributed by atoms with Crippen LogP contribution in [0.4, 0.5) is 5.82 Å². The molecule has 1 heterocycles. The third-order valence-corrected chi connectivity index (χ3v) is 2.13. The van der Waals surface area contributed by atoms with E-state index in [-0.39, 0.29) is 16.3 Å². The van der Waals surface area contributed by atoms with Gasteiger partial charge >= 0.3 is 0 Å². The highest BCUT2D eigenvalue weighted by Crippen LogP contribution is 2.14. The minimum atomic E-state index is -0.124. The van der Waals surface area contributed by atoms with Gasteiger partial charge in [-0.1, -0.05) is 11.6 Å². The van der Waals surface area contributed by atoms with E-state index in [1.54, 1.807) is 0 Å². The first-order valence-electron chi connectivity index (χ1n) is 4.76. The number of hydrogen-bond donors (Lipinski definition) is 2. The van der Waals surface area contributed by atoms with Crippen LogP contribution in [0.15, 0.2) is 6.07 Å². The molecule has 5 nitrogen and oxygen atoms in total. The van der Waals surface area contributed by atoms with Gasteiger partial charge < -0.3 is 10.6 Å². The fourth-order valence-electron chi connectivity index (χ4n) is 1.08. The van der Waals surface area contributed by atoms with Crippen LogP contribution in [0.3, 0.4) is 0 Å². The highest BCUT2D eigenvalue weighted by atomic mass is 35.5. The van der Waals surface area contributed by atoms with Crippen molar-refractivity contribution >= 4 is 34.9 Å². The molecule has 0 bridgehead atoms. The SMILES string of the molecule is CNCCCC(=O)Nc1cc(Cl)nc(Cl)n1. The van der Waals surface area contributed by atoms with Crippen LogP contribution < -0.4 is 10.6 Å². The van der Waals surface area contributed by atoms with Crippen LogP contribution in [0.1, 0.15) is 12.8 Å². The summed E-state index contributed by atoms with van der Waals surface area (Å²) in [5.41, 5.74) is 0. The number of nitrogens with one attached hydrogen (secondary N) is 2. The van der Waals surface area contributed by atoms with Crippen LogP contribution in [0.2, 0.25) is 10.4 Å². The number of halogens is 2. The molecular formula is C9H12Cl2N4O. The Labute approximate surface area is 104 Å². The van der Waals surface area contributed by atoms with E-state index in [1.807, 2.05) is 7.05 Å². The van der Waals surface area contributed by atoms with Gasteiger partial charge in [0.1, 0.15) is 11.0 Å². The number of aromatic nitrogens is 2. The number of hydrogen-bond acceptors (Lipinski definition) is 4. The predicted octanol–water partition coefficient (Wildman–Crippen LogP) is 1.72. The second-order valence-corrected chi connectivity index (χ2v) is 3.83. The van der Waals surface area contributed by atoms with E-state index in [0.717, 1.165) is 13.0 Å². The lowest BCUT2D eigenvalue weighted by Crippen LogP contribution is -2.16. The number of nitrogens with zero attached hydrogens (tertiary/aromatic N) is 2. The van der Waals surface area contributed by atoms with Crippen LogP contribution in [-0.4, -0.2) is 29.5 Å². The zero-order valence-electron chi connectivity index (χ0n) is 8.76. The molecule has 88 valence electrons. The normalized spacial score (nSPS) is 10.2. The van der Waals surface area contributed by atoms with Crippen molar-refractivity contribution in [3.63, 3.8) is 0 Å². The molecule has 7 heteroatoms. The van der Waals surface area contributed by atoms with Crippen LogP contribution in [0.25, 0.3) is 0 Å². The van der Waals surface area contributed by atoms with Gasteiger partial charge in [-0.2, -0.15) is 0 Å². The number of amides is 1. The van der Waals surface area contributed by atoms with Gasteiger partial charge in [-0.3, -0.25) is 4.79 Å². The van der Waals surface area contributed by atoms with Gasteiger partial charge in [-0.05, 0) is 31.6 Å². The van der Waals surface area contributed by atoms with E-state index in [9.17, 15) is 4.79 Å². The lowest BCUT2D eigenvalue weighted by atomic mass is 10.3. The van der Waals surface area contributed by atoms with Gasteiger partial charge in [-0.25, -0.2) is 9.97 Å². The van der Waals surface area contributed by atoms with Crippen LogP contribution >= 0.6 is 23.2 Å². The van der Waals surface area contributed by atoms with Crippen molar-refractivity contribution < 1.29 is 4.79 Å². The monoisotopic (exact) mass is 262 g/mol. The molecule has 1 rings (SSSR count). The van der Waals surface area contributed by atoms with Crippen molar-refractivity contribution in [2.75, 3.05) is 18.9 Å². The second kappa shape index (κ2) is 6.62. The van der Waals surface area contributed by atoms with Crippen molar-refractivity contribution in [3.05, 3.63) is 16.5 Å². The highest BCUT2D eigenvalue weighted by Gasteiger charge is 2.05. The Morgan fingerprint density at radius 2 is 2.19 bits per heavy atom. The smallest absolute Gasteiger partial charge is 0.225 e. The van der Waals surface area contributed by atoms with Gasteiger partial charge in [0, 0.05) is 12.5 Å². The van der Waals surface area contributed by atoms with Gasteiger partial charge in [-0.15, -0.1) is 0 Å². The molecule has 1 amide bonds. The maximum atomic E-state index is 11.4. The molecule has 1 aromatic heterocycles. The van der Waals surface area contributed by atoms with Crippen molar-refractivity contribution in [1.82, 2.24) is 15.3 Å². The third kappa shape index (κ3) is 4.74. The summed E-state index contributed by atoms with van der Waals surface area (Å²) in [7, 11) is 1.84. The van der Waals surface area contributed by atoms with Crippen LogP contribution in [0, 0.1) is 0 Å². The molecule has 2 N–H and O–H groups in total. The largest absolute Gasteiger partial charge is 0.320 e. The quantitative estimate of drug-likeness (QED) is 0.482. The maximum absolute atomic E-state index is 11.4. The van der Waals surface area contributed by atoms with E-state index in [4.69, 9.17) is 23.2 Å². The fourth-order valence-corrected chi connectivity index (χ4v) is 1.49. The summed E-state index contributed by atoms with van der Waals surface area (Å²) in [6, 6.07) is 1.45. The molecule has 1 aromatic rings. The van der Waals surface area contributed by atoms with E-state index in [0.29, 0.717) is 12.2 Å². The first-order chi connectivity index (χ1) is 7.61. The van der Waals surface area contributed by atoms with Crippen LogP contribution in [-0.2, 0) is 4.79 Å². The minimum absolute atomic E-state index is 0.0121. The average molecular weight is 263 g/mol. The van der Waals surface area contributed by atoms with Crippen LogP contribution in [0.5, 0.6) is 0 Å². The first kappa shape index (κ1) is 13.2. The minimum Gasteiger partial charge on any atom is -0.320 e. The van der Waals surface area contributed by atoms with E-state index in [2.05, 4.69) is 20.6 Å². The fraction of sp³-hybridized carbons (Fsp3) is 0.444. The third-order valence-electron chi connectivity index (χ3n) is 1.77. The molecule has 0 fully saturated rings. The summed E-state index contributed by atoms with van der Waals surface area (Å²) in [6.07, 6.45) is 1.18. The second-order valence-electron chi connectivity index (χ2n) is 3.10. The molecular weight excluding hydrogens is 251 g/mol. The molecule has 0 spiro atoms. The Morgan fingerprint density at radius 3 is 2.81 bits per heavy atom.